The van der Waals surface area contributed by atoms with Crippen LogP contribution < -0.4 is 5.32 Å². The zero-order valence-electron chi connectivity index (χ0n) is 17.9. The van der Waals surface area contributed by atoms with Crippen molar-refractivity contribution in [2.75, 3.05) is 5.75 Å². The van der Waals surface area contributed by atoms with Crippen molar-refractivity contribution in [2.24, 2.45) is 0 Å². The summed E-state index contributed by atoms with van der Waals surface area (Å²) in [7, 11) is 0. The Bertz CT molecular complexity index is 799. The van der Waals surface area contributed by atoms with E-state index in [1.165, 1.54) is 0 Å². The lowest BCUT2D eigenvalue weighted by Crippen LogP contribution is -2.50. The first kappa shape index (κ1) is 24.3. The summed E-state index contributed by atoms with van der Waals surface area (Å²) in [5.41, 5.74) is 1.02. The molecular formula is C24H31ClN2O2S. The molecule has 1 N–H and O–H groups in total. The van der Waals surface area contributed by atoms with Gasteiger partial charge < -0.3 is 10.2 Å². The molecule has 2 rings (SSSR count). The second-order valence-corrected chi connectivity index (χ2v) is 8.91. The number of carbonyl (C=O) groups excluding carboxylic acids is 2. The van der Waals surface area contributed by atoms with Gasteiger partial charge in [0.15, 0.2) is 0 Å². The zero-order chi connectivity index (χ0) is 21.9. The maximum absolute atomic E-state index is 13.2. The van der Waals surface area contributed by atoms with Crippen molar-refractivity contribution in [2.45, 2.75) is 63.6 Å². The van der Waals surface area contributed by atoms with Crippen LogP contribution in [0.25, 0.3) is 0 Å². The molecule has 0 heterocycles. The SMILES string of the molecule is CC[C@@H](C)NC(=O)[C@@H](CC)N(Cc1ccccc1)C(=O)CCSc1ccc(Cl)cc1. The molecule has 0 aromatic heterocycles. The van der Waals surface area contributed by atoms with Gasteiger partial charge in [-0.05, 0) is 49.6 Å². The number of carbonyl (C=O) groups is 2. The maximum atomic E-state index is 13.2. The van der Waals surface area contributed by atoms with Crippen molar-refractivity contribution >= 4 is 35.2 Å². The third-order valence-electron chi connectivity index (χ3n) is 4.98. The van der Waals surface area contributed by atoms with Crippen molar-refractivity contribution in [1.82, 2.24) is 10.2 Å². The summed E-state index contributed by atoms with van der Waals surface area (Å²) in [5, 5.41) is 3.74. The van der Waals surface area contributed by atoms with Crippen LogP contribution in [0.1, 0.15) is 45.6 Å². The second-order valence-electron chi connectivity index (χ2n) is 7.30. The van der Waals surface area contributed by atoms with Gasteiger partial charge in [-0.25, -0.2) is 0 Å². The first-order valence-electron chi connectivity index (χ1n) is 10.5. The molecule has 0 spiro atoms. The fraction of sp³-hybridized carbons (Fsp3) is 0.417. The van der Waals surface area contributed by atoms with Gasteiger partial charge in [0.2, 0.25) is 11.8 Å². The lowest BCUT2D eigenvalue weighted by Gasteiger charge is -2.31. The van der Waals surface area contributed by atoms with E-state index in [4.69, 9.17) is 11.6 Å². The van der Waals surface area contributed by atoms with Crippen molar-refractivity contribution in [3.63, 3.8) is 0 Å². The lowest BCUT2D eigenvalue weighted by atomic mass is 10.1. The normalized spacial score (nSPS) is 12.8. The van der Waals surface area contributed by atoms with Gasteiger partial charge in [0.1, 0.15) is 6.04 Å². The van der Waals surface area contributed by atoms with Crippen LogP contribution in [-0.4, -0.2) is 34.6 Å². The minimum absolute atomic E-state index is 0.00790. The van der Waals surface area contributed by atoms with E-state index in [1.807, 2.05) is 75.4 Å². The number of amides is 2. The minimum atomic E-state index is -0.479. The van der Waals surface area contributed by atoms with Crippen LogP contribution >= 0.6 is 23.4 Å². The Morgan fingerprint density at radius 3 is 2.30 bits per heavy atom. The molecule has 0 aliphatic heterocycles. The second kappa shape index (κ2) is 12.7. The van der Waals surface area contributed by atoms with Crippen molar-refractivity contribution in [3.8, 4) is 0 Å². The summed E-state index contributed by atoms with van der Waals surface area (Å²) in [6, 6.07) is 17.0. The highest BCUT2D eigenvalue weighted by Crippen LogP contribution is 2.22. The Morgan fingerprint density at radius 2 is 1.70 bits per heavy atom. The van der Waals surface area contributed by atoms with Crippen LogP contribution in [0.4, 0.5) is 0 Å². The zero-order valence-corrected chi connectivity index (χ0v) is 19.5. The van der Waals surface area contributed by atoms with Gasteiger partial charge >= 0.3 is 0 Å². The average molecular weight is 447 g/mol. The Labute approximate surface area is 189 Å². The molecule has 2 atom stereocenters. The maximum Gasteiger partial charge on any atom is 0.243 e. The fourth-order valence-electron chi connectivity index (χ4n) is 3.07. The third-order valence-corrected chi connectivity index (χ3v) is 6.25. The molecular weight excluding hydrogens is 416 g/mol. The number of halogens is 1. The van der Waals surface area contributed by atoms with Crippen LogP contribution in [0.2, 0.25) is 5.02 Å². The smallest absolute Gasteiger partial charge is 0.243 e. The Balaban J connectivity index is 2.09. The fourth-order valence-corrected chi connectivity index (χ4v) is 4.04. The molecule has 0 saturated heterocycles. The van der Waals surface area contributed by atoms with Crippen molar-refractivity contribution in [1.29, 1.82) is 0 Å². The van der Waals surface area contributed by atoms with Gasteiger partial charge in [-0.1, -0.05) is 55.8 Å². The molecule has 0 unspecified atom stereocenters. The molecule has 2 amide bonds. The summed E-state index contributed by atoms with van der Waals surface area (Å²) in [5.74, 6) is 0.558. The van der Waals surface area contributed by atoms with E-state index in [0.717, 1.165) is 16.9 Å². The predicted octanol–water partition coefficient (Wildman–Crippen LogP) is 5.54. The number of benzene rings is 2. The van der Waals surface area contributed by atoms with Gasteiger partial charge in [-0.15, -0.1) is 11.8 Å². The van der Waals surface area contributed by atoms with Gasteiger partial charge in [-0.2, -0.15) is 0 Å². The summed E-state index contributed by atoms with van der Waals surface area (Å²) in [4.78, 5) is 28.9. The predicted molar refractivity (Wildman–Crippen MR) is 126 cm³/mol. The van der Waals surface area contributed by atoms with E-state index >= 15 is 0 Å². The Hall–Kier alpha value is -1.98. The first-order chi connectivity index (χ1) is 14.4. The van der Waals surface area contributed by atoms with Crippen LogP contribution in [0.5, 0.6) is 0 Å². The highest BCUT2D eigenvalue weighted by Gasteiger charge is 2.28. The van der Waals surface area contributed by atoms with Gasteiger partial charge in [-0.3, -0.25) is 9.59 Å². The standard InChI is InChI=1S/C24H31ClN2O2S/c1-4-18(3)26-24(29)22(5-2)27(17-19-9-7-6-8-10-19)23(28)15-16-30-21-13-11-20(25)12-14-21/h6-14,18,22H,4-5,15-17H2,1-3H3,(H,26,29)/t18-,22-/m1/s1. The van der Waals surface area contributed by atoms with Crippen molar-refractivity contribution < 1.29 is 9.59 Å². The van der Waals surface area contributed by atoms with Crippen LogP contribution in [0, 0.1) is 0 Å². The summed E-state index contributed by atoms with van der Waals surface area (Å²) >= 11 is 7.55. The van der Waals surface area contributed by atoms with E-state index in [-0.39, 0.29) is 17.9 Å². The lowest BCUT2D eigenvalue weighted by molar-refractivity contribution is -0.141. The van der Waals surface area contributed by atoms with Gasteiger partial charge in [0.05, 0.1) is 0 Å². The largest absolute Gasteiger partial charge is 0.352 e. The molecule has 0 fully saturated rings. The molecule has 0 radical (unpaired) electrons. The Kier molecular flexibility index (Phi) is 10.2. The molecule has 6 heteroatoms. The molecule has 30 heavy (non-hydrogen) atoms. The molecule has 162 valence electrons. The summed E-state index contributed by atoms with van der Waals surface area (Å²) in [6.45, 7) is 6.40. The molecule has 0 saturated carbocycles. The number of hydrogen-bond donors (Lipinski definition) is 1. The average Bonchev–Trinajstić information content (AvgIpc) is 2.75. The van der Waals surface area contributed by atoms with E-state index in [1.54, 1.807) is 16.7 Å². The highest BCUT2D eigenvalue weighted by atomic mass is 35.5. The molecule has 0 aliphatic rings. The van der Waals surface area contributed by atoms with Crippen LogP contribution in [0.3, 0.4) is 0 Å². The van der Waals surface area contributed by atoms with E-state index < -0.39 is 6.04 Å². The molecule has 2 aromatic carbocycles. The Morgan fingerprint density at radius 1 is 1.03 bits per heavy atom. The number of nitrogens with zero attached hydrogens (tertiary/aromatic N) is 1. The number of nitrogens with one attached hydrogen (secondary N) is 1. The minimum Gasteiger partial charge on any atom is -0.352 e. The van der Waals surface area contributed by atoms with Gasteiger partial charge in [0.25, 0.3) is 0 Å². The highest BCUT2D eigenvalue weighted by molar-refractivity contribution is 7.99. The van der Waals surface area contributed by atoms with Crippen LogP contribution in [0.15, 0.2) is 59.5 Å². The topological polar surface area (TPSA) is 49.4 Å². The number of rotatable bonds is 11. The monoisotopic (exact) mass is 446 g/mol. The number of hydrogen-bond acceptors (Lipinski definition) is 3. The summed E-state index contributed by atoms with van der Waals surface area (Å²) in [6.07, 6.45) is 1.80. The van der Waals surface area contributed by atoms with E-state index in [2.05, 4.69) is 5.32 Å². The number of thioether (sulfide) groups is 1. The van der Waals surface area contributed by atoms with Gasteiger partial charge in [0, 0.05) is 34.7 Å². The summed E-state index contributed by atoms with van der Waals surface area (Å²) < 4.78 is 0. The molecule has 4 nitrogen and oxygen atoms in total. The molecule has 2 aromatic rings. The third kappa shape index (κ3) is 7.69. The van der Waals surface area contributed by atoms with Crippen LogP contribution in [-0.2, 0) is 16.1 Å². The van der Waals surface area contributed by atoms with Crippen molar-refractivity contribution in [3.05, 3.63) is 65.2 Å². The first-order valence-corrected chi connectivity index (χ1v) is 11.8. The van der Waals surface area contributed by atoms with E-state index in [9.17, 15) is 9.59 Å². The van der Waals surface area contributed by atoms with E-state index in [0.29, 0.717) is 30.2 Å². The quantitative estimate of drug-likeness (QED) is 0.460. The molecule has 0 aliphatic carbocycles. The molecule has 0 bridgehead atoms.